The minimum Gasteiger partial charge on any atom is -0.491 e. The lowest BCUT2D eigenvalue weighted by Gasteiger charge is -2.15. The molecule has 1 aliphatic rings. The van der Waals surface area contributed by atoms with E-state index in [2.05, 4.69) is 5.32 Å². The first-order valence-electron chi connectivity index (χ1n) is 5.95. The Morgan fingerprint density at radius 3 is 2.88 bits per heavy atom. The van der Waals surface area contributed by atoms with Crippen molar-refractivity contribution in [3.05, 3.63) is 24.0 Å². The van der Waals surface area contributed by atoms with E-state index in [0.717, 1.165) is 13.0 Å². The van der Waals surface area contributed by atoms with Gasteiger partial charge in [-0.05, 0) is 32.4 Å². The Morgan fingerprint density at radius 1 is 1.47 bits per heavy atom. The molecule has 3 nitrogen and oxygen atoms in total. The fourth-order valence-electron chi connectivity index (χ4n) is 1.83. The maximum Gasteiger partial charge on any atom is 0.149 e. The fourth-order valence-corrected chi connectivity index (χ4v) is 1.83. The van der Waals surface area contributed by atoms with Crippen molar-refractivity contribution in [2.75, 3.05) is 18.5 Å². The number of benzene rings is 1. The van der Waals surface area contributed by atoms with Crippen LogP contribution in [0.3, 0.4) is 0 Å². The van der Waals surface area contributed by atoms with Crippen molar-refractivity contribution >= 4 is 5.69 Å². The van der Waals surface area contributed by atoms with Gasteiger partial charge < -0.3 is 14.8 Å². The molecule has 2 rings (SSSR count). The van der Waals surface area contributed by atoms with E-state index < -0.39 is 0 Å². The zero-order chi connectivity index (χ0) is 12.3. The van der Waals surface area contributed by atoms with Gasteiger partial charge >= 0.3 is 0 Å². The van der Waals surface area contributed by atoms with Gasteiger partial charge in [-0.25, -0.2) is 4.39 Å². The fraction of sp³-hybridized carbons (Fsp3) is 0.538. The monoisotopic (exact) mass is 239 g/mol. The first-order chi connectivity index (χ1) is 8.15. The van der Waals surface area contributed by atoms with E-state index in [9.17, 15) is 4.39 Å². The molecule has 0 spiro atoms. The smallest absolute Gasteiger partial charge is 0.149 e. The Bertz CT molecular complexity index is 376. The lowest BCUT2D eigenvalue weighted by atomic mass is 10.2. The predicted molar refractivity (Wildman–Crippen MR) is 65.0 cm³/mol. The zero-order valence-electron chi connectivity index (χ0n) is 10.2. The van der Waals surface area contributed by atoms with Crippen LogP contribution in [-0.2, 0) is 4.74 Å². The number of nitrogens with one attached hydrogen (secondary N) is 1. The van der Waals surface area contributed by atoms with E-state index in [-0.39, 0.29) is 18.0 Å². The Kier molecular flexibility index (Phi) is 3.84. The highest BCUT2D eigenvalue weighted by Crippen LogP contribution is 2.23. The summed E-state index contributed by atoms with van der Waals surface area (Å²) in [5.41, 5.74) is 0.511. The first-order valence-corrected chi connectivity index (χ1v) is 5.95. The van der Waals surface area contributed by atoms with E-state index in [1.54, 1.807) is 12.1 Å². The third kappa shape index (κ3) is 3.33. The molecule has 17 heavy (non-hydrogen) atoms. The molecule has 1 aromatic carbocycles. The van der Waals surface area contributed by atoms with E-state index >= 15 is 0 Å². The van der Waals surface area contributed by atoms with Crippen LogP contribution in [0.1, 0.15) is 20.3 Å². The number of hydrogen-bond donors (Lipinski definition) is 1. The van der Waals surface area contributed by atoms with Gasteiger partial charge in [0.2, 0.25) is 0 Å². The van der Waals surface area contributed by atoms with Crippen molar-refractivity contribution in [2.24, 2.45) is 0 Å². The molecule has 0 saturated carbocycles. The van der Waals surface area contributed by atoms with Gasteiger partial charge in [0.1, 0.15) is 11.6 Å². The molecule has 0 unspecified atom stereocenters. The highest BCUT2D eigenvalue weighted by atomic mass is 19.1. The van der Waals surface area contributed by atoms with Crippen molar-refractivity contribution in [3.63, 3.8) is 0 Å². The summed E-state index contributed by atoms with van der Waals surface area (Å²) in [6.45, 7) is 5.22. The molecule has 1 atom stereocenters. The van der Waals surface area contributed by atoms with Gasteiger partial charge in [-0.15, -0.1) is 0 Å². The third-order valence-corrected chi connectivity index (χ3v) is 2.60. The van der Waals surface area contributed by atoms with Gasteiger partial charge in [0.05, 0.1) is 24.4 Å². The Hall–Kier alpha value is -1.29. The molecule has 0 amide bonds. The third-order valence-electron chi connectivity index (χ3n) is 2.60. The molecule has 1 fully saturated rings. The van der Waals surface area contributed by atoms with Gasteiger partial charge in [-0.1, -0.05) is 0 Å². The van der Waals surface area contributed by atoms with Crippen molar-refractivity contribution in [3.8, 4) is 5.75 Å². The molecule has 1 heterocycles. The first kappa shape index (κ1) is 12.2. The minimum atomic E-state index is -0.282. The second kappa shape index (κ2) is 5.36. The Labute approximate surface area is 101 Å². The van der Waals surface area contributed by atoms with Crippen molar-refractivity contribution in [2.45, 2.75) is 32.4 Å². The Balaban J connectivity index is 2.03. The quantitative estimate of drug-likeness (QED) is 0.876. The van der Waals surface area contributed by atoms with Crippen molar-refractivity contribution < 1.29 is 13.9 Å². The number of hydrogen-bond acceptors (Lipinski definition) is 3. The van der Waals surface area contributed by atoms with E-state index in [0.29, 0.717) is 18.0 Å². The zero-order valence-corrected chi connectivity index (χ0v) is 10.2. The number of halogens is 1. The van der Waals surface area contributed by atoms with Crippen LogP contribution < -0.4 is 10.1 Å². The molecular weight excluding hydrogens is 221 g/mol. The second-order valence-electron chi connectivity index (χ2n) is 4.51. The molecule has 1 N–H and O–H groups in total. The predicted octanol–water partition coefficient (Wildman–Crippen LogP) is 2.81. The Morgan fingerprint density at radius 2 is 2.29 bits per heavy atom. The minimum absolute atomic E-state index is 0.0523. The van der Waals surface area contributed by atoms with Crippen LogP contribution in [0.25, 0.3) is 0 Å². The summed E-state index contributed by atoms with van der Waals surface area (Å²) in [5, 5.41) is 3.13. The van der Waals surface area contributed by atoms with Crippen LogP contribution >= 0.6 is 0 Å². The summed E-state index contributed by atoms with van der Waals surface area (Å²) < 4.78 is 24.4. The van der Waals surface area contributed by atoms with E-state index in [1.165, 1.54) is 6.07 Å². The highest BCUT2D eigenvalue weighted by Gasteiger charge is 2.16. The van der Waals surface area contributed by atoms with Crippen LogP contribution in [-0.4, -0.2) is 25.4 Å². The van der Waals surface area contributed by atoms with Crippen LogP contribution in [0.2, 0.25) is 0 Å². The van der Waals surface area contributed by atoms with Gasteiger partial charge in [-0.3, -0.25) is 0 Å². The normalized spacial score (nSPS) is 19.6. The second-order valence-corrected chi connectivity index (χ2v) is 4.51. The number of anilines is 1. The summed E-state index contributed by atoms with van der Waals surface area (Å²) in [6, 6.07) is 5.12. The molecule has 1 saturated heterocycles. The molecule has 94 valence electrons. The molecule has 0 radical (unpaired) electrons. The van der Waals surface area contributed by atoms with Crippen LogP contribution in [0.5, 0.6) is 5.75 Å². The van der Waals surface area contributed by atoms with Crippen LogP contribution in [0, 0.1) is 5.82 Å². The average Bonchev–Trinajstić information content (AvgIpc) is 2.74. The van der Waals surface area contributed by atoms with Gasteiger partial charge in [0.15, 0.2) is 0 Å². The molecule has 4 heteroatoms. The molecule has 1 aromatic rings. The standard InChI is InChI=1S/C13H18FNO2/c1-9(2)17-11-3-4-13(12(14)7-11)15-10-5-6-16-8-10/h3-4,7,9-10,15H,5-6,8H2,1-2H3/t10-/m0/s1. The van der Waals surface area contributed by atoms with E-state index in [4.69, 9.17) is 9.47 Å². The SMILES string of the molecule is CC(C)Oc1ccc(N[C@H]2CCOC2)c(F)c1. The van der Waals surface area contributed by atoms with Gasteiger partial charge in [-0.2, -0.15) is 0 Å². The molecular formula is C13H18FNO2. The summed E-state index contributed by atoms with van der Waals surface area (Å²) in [4.78, 5) is 0. The topological polar surface area (TPSA) is 30.5 Å². The maximum atomic E-state index is 13.8. The summed E-state index contributed by atoms with van der Waals surface area (Å²) in [6.07, 6.45) is 0.973. The average molecular weight is 239 g/mol. The number of rotatable bonds is 4. The summed E-state index contributed by atoms with van der Waals surface area (Å²) in [7, 11) is 0. The molecule has 0 aromatic heterocycles. The maximum absolute atomic E-state index is 13.8. The largest absolute Gasteiger partial charge is 0.491 e. The molecule has 1 aliphatic heterocycles. The van der Waals surface area contributed by atoms with E-state index in [1.807, 2.05) is 13.8 Å². The van der Waals surface area contributed by atoms with Crippen molar-refractivity contribution in [1.82, 2.24) is 0 Å². The van der Waals surface area contributed by atoms with Gasteiger partial charge in [0, 0.05) is 12.7 Å². The highest BCUT2D eigenvalue weighted by molar-refractivity contribution is 5.48. The summed E-state index contributed by atoms with van der Waals surface area (Å²) in [5.74, 6) is 0.278. The van der Waals surface area contributed by atoms with Crippen LogP contribution in [0.15, 0.2) is 18.2 Å². The lowest BCUT2D eigenvalue weighted by molar-refractivity contribution is 0.195. The lowest BCUT2D eigenvalue weighted by Crippen LogP contribution is -2.19. The molecule has 0 bridgehead atoms. The van der Waals surface area contributed by atoms with Crippen LogP contribution in [0.4, 0.5) is 10.1 Å². The summed E-state index contributed by atoms with van der Waals surface area (Å²) >= 11 is 0. The van der Waals surface area contributed by atoms with Gasteiger partial charge in [0.25, 0.3) is 0 Å². The number of ether oxygens (including phenoxy) is 2. The molecule has 0 aliphatic carbocycles. The van der Waals surface area contributed by atoms with Crippen molar-refractivity contribution in [1.29, 1.82) is 0 Å².